The number of non-ortho nitro benzene ring substituents is 1. The summed E-state index contributed by atoms with van der Waals surface area (Å²) in [5.74, 6) is -0.705. The lowest BCUT2D eigenvalue weighted by molar-refractivity contribution is -0.384. The number of halogens is 1. The van der Waals surface area contributed by atoms with Crippen LogP contribution >= 0.6 is 11.6 Å². The number of nitro groups is 1. The fourth-order valence-corrected chi connectivity index (χ4v) is 3.60. The van der Waals surface area contributed by atoms with E-state index in [4.69, 9.17) is 11.6 Å². The lowest BCUT2D eigenvalue weighted by Crippen LogP contribution is -2.32. The number of aryl methyl sites for hydroxylation is 1. The van der Waals surface area contributed by atoms with Gasteiger partial charge in [-0.05, 0) is 49.7 Å². The second-order valence-corrected chi connectivity index (χ2v) is 8.09. The van der Waals surface area contributed by atoms with Crippen LogP contribution in [0.5, 0.6) is 0 Å². The Balaban J connectivity index is 2.23. The van der Waals surface area contributed by atoms with Crippen molar-refractivity contribution in [3.05, 3.63) is 63.2 Å². The smallest absolute Gasteiger partial charge is 0.269 e. The summed E-state index contributed by atoms with van der Waals surface area (Å²) >= 11 is 5.85. The van der Waals surface area contributed by atoms with E-state index in [2.05, 4.69) is 5.32 Å². The number of nitrogens with zero attached hydrogens (tertiary/aromatic N) is 1. The normalized spacial score (nSPS) is 12.4. The van der Waals surface area contributed by atoms with Gasteiger partial charge in [-0.15, -0.1) is 0 Å². The number of amides is 1. The summed E-state index contributed by atoms with van der Waals surface area (Å²) in [4.78, 5) is 22.2. The Morgan fingerprint density at radius 2 is 1.80 bits per heavy atom. The molecule has 0 aliphatic rings. The Labute approximate surface area is 149 Å². The van der Waals surface area contributed by atoms with Crippen molar-refractivity contribution in [2.24, 2.45) is 0 Å². The van der Waals surface area contributed by atoms with Gasteiger partial charge >= 0.3 is 0 Å². The number of hydrogen-bond donors (Lipinski definition) is 1. The fourth-order valence-electron chi connectivity index (χ4n) is 2.10. The van der Waals surface area contributed by atoms with Gasteiger partial charge in [-0.1, -0.05) is 11.6 Å². The predicted octanol–water partition coefficient (Wildman–Crippen LogP) is 3.36. The van der Waals surface area contributed by atoms with Gasteiger partial charge in [-0.25, -0.2) is 8.42 Å². The lowest BCUT2D eigenvalue weighted by Gasteiger charge is -2.14. The number of hydrogen-bond acceptors (Lipinski definition) is 5. The van der Waals surface area contributed by atoms with Gasteiger partial charge in [0.2, 0.25) is 5.91 Å². The van der Waals surface area contributed by atoms with Crippen molar-refractivity contribution in [3.8, 4) is 0 Å². The monoisotopic (exact) mass is 382 g/mol. The second kappa shape index (κ2) is 7.20. The molecule has 0 saturated heterocycles. The van der Waals surface area contributed by atoms with Crippen LogP contribution in [0.2, 0.25) is 5.02 Å². The first-order valence-electron chi connectivity index (χ1n) is 7.18. The molecule has 0 unspecified atom stereocenters. The number of benzene rings is 2. The molecule has 1 N–H and O–H groups in total. The molecule has 2 aromatic rings. The Hall–Kier alpha value is -2.45. The first-order valence-corrected chi connectivity index (χ1v) is 9.10. The third-order valence-electron chi connectivity index (χ3n) is 3.66. The topological polar surface area (TPSA) is 106 Å². The standard InChI is InChI=1S/C16H15ClN2O5S/c1-10-9-12(17)3-8-15(10)18-16(20)11(2)25(23,24)14-6-4-13(5-7-14)19(21)22/h3-9,11H,1-2H3,(H,18,20)/t11-/m1/s1. The van der Waals surface area contributed by atoms with Crippen LogP contribution in [-0.4, -0.2) is 24.5 Å². The molecule has 1 atom stereocenters. The summed E-state index contributed by atoms with van der Waals surface area (Å²) < 4.78 is 25.1. The first-order chi connectivity index (χ1) is 11.6. The molecule has 0 aliphatic carbocycles. The molecule has 2 rings (SSSR count). The molecular weight excluding hydrogens is 368 g/mol. The number of anilines is 1. The Morgan fingerprint density at radius 1 is 1.20 bits per heavy atom. The summed E-state index contributed by atoms with van der Waals surface area (Å²) in [6.07, 6.45) is 0. The van der Waals surface area contributed by atoms with E-state index in [9.17, 15) is 23.3 Å². The summed E-state index contributed by atoms with van der Waals surface area (Å²) in [6, 6.07) is 9.21. The first kappa shape index (κ1) is 18.9. The van der Waals surface area contributed by atoms with Gasteiger partial charge in [-0.2, -0.15) is 0 Å². The van der Waals surface area contributed by atoms with E-state index in [1.165, 1.54) is 6.92 Å². The summed E-state index contributed by atoms with van der Waals surface area (Å²) in [7, 11) is -3.98. The van der Waals surface area contributed by atoms with Crippen LogP contribution < -0.4 is 5.32 Å². The van der Waals surface area contributed by atoms with E-state index < -0.39 is 25.9 Å². The van der Waals surface area contributed by atoms with Gasteiger partial charge in [-0.3, -0.25) is 14.9 Å². The highest BCUT2D eigenvalue weighted by atomic mass is 35.5. The van der Waals surface area contributed by atoms with Gasteiger partial charge in [0.15, 0.2) is 9.84 Å². The molecule has 9 heteroatoms. The molecule has 0 aromatic heterocycles. The minimum atomic E-state index is -3.98. The summed E-state index contributed by atoms with van der Waals surface area (Å²) in [5.41, 5.74) is 0.925. The van der Waals surface area contributed by atoms with Gasteiger partial charge in [0.25, 0.3) is 5.69 Å². The summed E-state index contributed by atoms with van der Waals surface area (Å²) in [6.45, 7) is 2.99. The number of carbonyl (C=O) groups excluding carboxylic acids is 1. The molecule has 2 aromatic carbocycles. The van der Waals surface area contributed by atoms with Crippen molar-refractivity contribution in [1.82, 2.24) is 0 Å². The minimum absolute atomic E-state index is 0.159. The zero-order valence-electron chi connectivity index (χ0n) is 13.4. The molecule has 0 saturated carbocycles. The summed E-state index contributed by atoms with van der Waals surface area (Å²) in [5, 5.41) is 12.3. The third-order valence-corrected chi connectivity index (χ3v) is 5.97. The molecule has 0 spiro atoms. The molecule has 0 radical (unpaired) electrons. The van der Waals surface area contributed by atoms with Crippen LogP contribution in [0.4, 0.5) is 11.4 Å². The van der Waals surface area contributed by atoms with Crippen LogP contribution in [-0.2, 0) is 14.6 Å². The van der Waals surface area contributed by atoms with Gasteiger partial charge in [0, 0.05) is 22.8 Å². The van der Waals surface area contributed by atoms with Crippen LogP contribution in [0.25, 0.3) is 0 Å². The van der Waals surface area contributed by atoms with Crippen molar-refractivity contribution in [2.45, 2.75) is 24.0 Å². The number of nitro benzene ring substituents is 1. The molecular formula is C16H15ClN2O5S. The van der Waals surface area contributed by atoms with E-state index in [0.29, 0.717) is 16.3 Å². The second-order valence-electron chi connectivity index (χ2n) is 5.39. The average Bonchev–Trinajstić information content (AvgIpc) is 2.56. The number of rotatable bonds is 5. The van der Waals surface area contributed by atoms with Crippen LogP contribution in [0.3, 0.4) is 0 Å². The van der Waals surface area contributed by atoms with E-state index in [1.54, 1.807) is 25.1 Å². The van der Waals surface area contributed by atoms with Crippen LogP contribution in [0.15, 0.2) is 47.4 Å². The van der Waals surface area contributed by atoms with Gasteiger partial charge in [0.1, 0.15) is 5.25 Å². The molecule has 7 nitrogen and oxygen atoms in total. The SMILES string of the molecule is Cc1cc(Cl)ccc1NC(=O)[C@@H](C)S(=O)(=O)c1ccc([N+](=O)[O-])cc1. The van der Waals surface area contributed by atoms with Crippen LogP contribution in [0, 0.1) is 17.0 Å². The highest BCUT2D eigenvalue weighted by Crippen LogP contribution is 2.23. The van der Waals surface area contributed by atoms with Crippen LogP contribution in [0.1, 0.15) is 12.5 Å². The largest absolute Gasteiger partial charge is 0.325 e. The van der Waals surface area contributed by atoms with Crippen molar-refractivity contribution in [1.29, 1.82) is 0 Å². The maximum absolute atomic E-state index is 12.5. The highest BCUT2D eigenvalue weighted by molar-refractivity contribution is 7.92. The van der Waals surface area contributed by atoms with E-state index >= 15 is 0 Å². The molecule has 0 bridgehead atoms. The fraction of sp³-hybridized carbons (Fsp3) is 0.188. The van der Waals surface area contributed by atoms with Crippen molar-refractivity contribution in [3.63, 3.8) is 0 Å². The maximum atomic E-state index is 12.5. The zero-order chi connectivity index (χ0) is 18.8. The number of sulfone groups is 1. The van der Waals surface area contributed by atoms with Gasteiger partial charge < -0.3 is 5.32 Å². The van der Waals surface area contributed by atoms with Crippen molar-refractivity contribution in [2.75, 3.05) is 5.32 Å². The third kappa shape index (κ3) is 4.15. The minimum Gasteiger partial charge on any atom is -0.325 e. The lowest BCUT2D eigenvalue weighted by atomic mass is 10.2. The quantitative estimate of drug-likeness (QED) is 0.630. The van der Waals surface area contributed by atoms with Gasteiger partial charge in [0.05, 0.1) is 9.82 Å². The Morgan fingerprint density at radius 3 is 2.32 bits per heavy atom. The molecule has 0 fully saturated rings. The van der Waals surface area contributed by atoms with E-state index in [0.717, 1.165) is 24.3 Å². The van der Waals surface area contributed by atoms with E-state index in [-0.39, 0.29) is 10.6 Å². The van der Waals surface area contributed by atoms with E-state index in [1.807, 2.05) is 0 Å². The van der Waals surface area contributed by atoms with Crippen molar-refractivity contribution < 1.29 is 18.1 Å². The number of nitrogens with one attached hydrogen (secondary N) is 1. The molecule has 25 heavy (non-hydrogen) atoms. The average molecular weight is 383 g/mol. The maximum Gasteiger partial charge on any atom is 0.269 e. The molecule has 0 heterocycles. The Kier molecular flexibility index (Phi) is 5.44. The predicted molar refractivity (Wildman–Crippen MR) is 94.6 cm³/mol. The zero-order valence-corrected chi connectivity index (χ0v) is 15.0. The number of carbonyl (C=O) groups is 1. The van der Waals surface area contributed by atoms with Crippen molar-refractivity contribution >= 4 is 38.7 Å². The molecule has 1 amide bonds. The Bertz CT molecular complexity index is 926. The highest BCUT2D eigenvalue weighted by Gasteiger charge is 2.30. The molecule has 0 aliphatic heterocycles. The molecule has 132 valence electrons.